The van der Waals surface area contributed by atoms with Crippen LogP contribution in [0.1, 0.15) is 23.1 Å². The predicted octanol–water partition coefficient (Wildman–Crippen LogP) is 1.83. The van der Waals surface area contributed by atoms with Crippen molar-refractivity contribution in [2.24, 2.45) is 0 Å². The van der Waals surface area contributed by atoms with Crippen molar-refractivity contribution < 1.29 is 9.53 Å². The number of carbonyl (C=O) groups is 1. The number of H-pyrrole nitrogens is 1. The first-order chi connectivity index (χ1) is 11.1. The molecule has 0 saturated carbocycles. The van der Waals surface area contributed by atoms with Crippen molar-refractivity contribution in [2.45, 2.75) is 19.4 Å². The summed E-state index contributed by atoms with van der Waals surface area (Å²) in [7, 11) is 0. The highest BCUT2D eigenvalue weighted by Crippen LogP contribution is 2.20. The van der Waals surface area contributed by atoms with Gasteiger partial charge in [0.25, 0.3) is 0 Å². The molecule has 1 N–H and O–H groups in total. The van der Waals surface area contributed by atoms with Crippen LogP contribution < -0.4 is 5.43 Å². The molecule has 5 heteroatoms. The van der Waals surface area contributed by atoms with E-state index in [1.165, 1.54) is 0 Å². The molecule has 3 rings (SSSR count). The number of amides is 1. The maximum Gasteiger partial charge on any atom is 0.227 e. The van der Waals surface area contributed by atoms with Gasteiger partial charge in [-0.1, -0.05) is 30.3 Å². The second-order valence-electron chi connectivity index (χ2n) is 5.82. The minimum Gasteiger partial charge on any atom is -0.368 e. The van der Waals surface area contributed by atoms with Crippen molar-refractivity contribution in [3.05, 3.63) is 69.6 Å². The molecule has 0 unspecified atom stereocenters. The molecule has 1 aromatic carbocycles. The third-order valence-corrected chi connectivity index (χ3v) is 3.96. The Morgan fingerprint density at radius 2 is 2.09 bits per heavy atom. The van der Waals surface area contributed by atoms with Crippen molar-refractivity contribution in [3.63, 3.8) is 0 Å². The number of aryl methyl sites for hydroxylation is 1. The predicted molar refractivity (Wildman–Crippen MR) is 87.2 cm³/mol. The number of ether oxygens (including phenoxy) is 1. The van der Waals surface area contributed by atoms with E-state index in [1.807, 2.05) is 42.2 Å². The SMILES string of the molecule is Cc1cc(=O)cc([C@@H]2CN(C(=O)Cc3ccccc3)CCO2)[nH]1. The Morgan fingerprint density at radius 3 is 2.83 bits per heavy atom. The van der Waals surface area contributed by atoms with E-state index in [9.17, 15) is 9.59 Å². The van der Waals surface area contributed by atoms with E-state index in [1.54, 1.807) is 12.1 Å². The van der Waals surface area contributed by atoms with Gasteiger partial charge in [0.1, 0.15) is 6.10 Å². The van der Waals surface area contributed by atoms with Crippen LogP contribution >= 0.6 is 0 Å². The van der Waals surface area contributed by atoms with E-state index < -0.39 is 0 Å². The van der Waals surface area contributed by atoms with Crippen LogP contribution in [0, 0.1) is 6.92 Å². The van der Waals surface area contributed by atoms with Gasteiger partial charge in [-0.2, -0.15) is 0 Å². The molecule has 0 bridgehead atoms. The number of nitrogens with one attached hydrogen (secondary N) is 1. The summed E-state index contributed by atoms with van der Waals surface area (Å²) >= 11 is 0. The highest BCUT2D eigenvalue weighted by Gasteiger charge is 2.26. The number of pyridine rings is 1. The summed E-state index contributed by atoms with van der Waals surface area (Å²) in [5, 5.41) is 0. The second kappa shape index (κ2) is 6.79. The van der Waals surface area contributed by atoms with Gasteiger partial charge < -0.3 is 14.6 Å². The number of hydrogen-bond donors (Lipinski definition) is 1. The lowest BCUT2D eigenvalue weighted by molar-refractivity contribution is -0.138. The van der Waals surface area contributed by atoms with E-state index in [0.717, 1.165) is 17.0 Å². The first-order valence-electron chi connectivity index (χ1n) is 7.76. The summed E-state index contributed by atoms with van der Waals surface area (Å²) in [6.45, 7) is 3.36. The first-order valence-corrected chi connectivity index (χ1v) is 7.76. The van der Waals surface area contributed by atoms with Crippen LogP contribution in [-0.4, -0.2) is 35.5 Å². The molecule has 1 atom stereocenters. The molecular formula is C18H20N2O3. The number of aromatic amines is 1. The highest BCUT2D eigenvalue weighted by atomic mass is 16.5. The van der Waals surface area contributed by atoms with Crippen LogP contribution in [0.25, 0.3) is 0 Å². The van der Waals surface area contributed by atoms with Gasteiger partial charge in [-0.15, -0.1) is 0 Å². The topological polar surface area (TPSA) is 62.4 Å². The van der Waals surface area contributed by atoms with Crippen molar-refractivity contribution in [3.8, 4) is 0 Å². The molecule has 1 fully saturated rings. The summed E-state index contributed by atoms with van der Waals surface area (Å²) < 4.78 is 5.74. The molecule has 0 aliphatic carbocycles. The average Bonchev–Trinajstić information content (AvgIpc) is 2.55. The Morgan fingerprint density at radius 1 is 1.30 bits per heavy atom. The summed E-state index contributed by atoms with van der Waals surface area (Å²) in [5.41, 5.74) is 2.48. The Hall–Kier alpha value is -2.40. The molecule has 1 aliphatic rings. The molecule has 1 aliphatic heterocycles. The zero-order valence-corrected chi connectivity index (χ0v) is 13.1. The van der Waals surface area contributed by atoms with Gasteiger partial charge in [0.2, 0.25) is 5.91 Å². The number of nitrogens with zero attached hydrogens (tertiary/aromatic N) is 1. The molecule has 2 aromatic rings. The molecule has 0 radical (unpaired) electrons. The molecule has 1 aromatic heterocycles. The third kappa shape index (κ3) is 3.87. The molecular weight excluding hydrogens is 292 g/mol. The van der Waals surface area contributed by atoms with Crippen LogP contribution in [0.4, 0.5) is 0 Å². The largest absolute Gasteiger partial charge is 0.368 e. The van der Waals surface area contributed by atoms with Crippen molar-refractivity contribution in [2.75, 3.05) is 19.7 Å². The minimum atomic E-state index is -0.281. The molecule has 0 spiro atoms. The molecule has 23 heavy (non-hydrogen) atoms. The van der Waals surface area contributed by atoms with Gasteiger partial charge >= 0.3 is 0 Å². The van der Waals surface area contributed by atoms with E-state index in [-0.39, 0.29) is 17.4 Å². The van der Waals surface area contributed by atoms with Crippen molar-refractivity contribution >= 4 is 5.91 Å². The van der Waals surface area contributed by atoms with Crippen molar-refractivity contribution in [1.29, 1.82) is 0 Å². The van der Waals surface area contributed by atoms with E-state index in [2.05, 4.69) is 4.98 Å². The van der Waals surface area contributed by atoms with Gasteiger partial charge in [0.05, 0.1) is 19.6 Å². The lowest BCUT2D eigenvalue weighted by Gasteiger charge is -2.33. The number of hydrogen-bond acceptors (Lipinski definition) is 3. The van der Waals surface area contributed by atoms with Gasteiger partial charge in [0.15, 0.2) is 5.43 Å². The van der Waals surface area contributed by atoms with Gasteiger partial charge in [-0.25, -0.2) is 0 Å². The third-order valence-electron chi connectivity index (χ3n) is 3.96. The first kappa shape index (κ1) is 15.5. The van der Waals surface area contributed by atoms with Crippen molar-refractivity contribution in [1.82, 2.24) is 9.88 Å². The molecule has 1 amide bonds. The van der Waals surface area contributed by atoms with Crippen LogP contribution in [0.5, 0.6) is 0 Å². The monoisotopic (exact) mass is 312 g/mol. The van der Waals surface area contributed by atoms with Crippen LogP contribution in [0.15, 0.2) is 47.3 Å². The highest BCUT2D eigenvalue weighted by molar-refractivity contribution is 5.78. The maximum atomic E-state index is 12.5. The number of morpholine rings is 1. The van der Waals surface area contributed by atoms with Gasteiger partial charge in [-0.3, -0.25) is 9.59 Å². The fourth-order valence-corrected chi connectivity index (χ4v) is 2.83. The van der Waals surface area contributed by atoms with Crippen LogP contribution in [0.3, 0.4) is 0 Å². The average molecular weight is 312 g/mol. The summed E-state index contributed by atoms with van der Waals surface area (Å²) in [5.74, 6) is 0.0829. The number of aromatic nitrogens is 1. The quantitative estimate of drug-likeness (QED) is 0.940. The summed E-state index contributed by atoms with van der Waals surface area (Å²) in [4.78, 5) is 29.1. The molecule has 1 saturated heterocycles. The standard InChI is InChI=1S/C18H20N2O3/c1-13-9-15(21)11-16(19-13)17-12-20(7-8-23-17)18(22)10-14-5-3-2-4-6-14/h2-6,9,11,17H,7-8,10,12H2,1H3,(H,19,21)/t17-/m0/s1. The number of carbonyl (C=O) groups excluding carboxylic acids is 1. The van der Waals surface area contributed by atoms with Crippen LogP contribution in [0.2, 0.25) is 0 Å². The Labute approximate surface area is 134 Å². The van der Waals surface area contributed by atoms with Gasteiger partial charge in [-0.05, 0) is 12.5 Å². The Kier molecular flexibility index (Phi) is 4.57. The molecule has 5 nitrogen and oxygen atoms in total. The smallest absolute Gasteiger partial charge is 0.227 e. The maximum absolute atomic E-state index is 12.5. The minimum absolute atomic E-state index is 0.0485. The van der Waals surface area contributed by atoms with E-state index >= 15 is 0 Å². The van der Waals surface area contributed by atoms with Gasteiger partial charge in [0, 0.05) is 30.1 Å². The lowest BCUT2D eigenvalue weighted by Crippen LogP contribution is -2.43. The Balaban J connectivity index is 1.70. The zero-order chi connectivity index (χ0) is 16.2. The van der Waals surface area contributed by atoms with E-state index in [4.69, 9.17) is 4.74 Å². The fourth-order valence-electron chi connectivity index (χ4n) is 2.83. The zero-order valence-electron chi connectivity index (χ0n) is 13.1. The van der Waals surface area contributed by atoms with Crippen LogP contribution in [-0.2, 0) is 16.0 Å². The summed E-state index contributed by atoms with van der Waals surface area (Å²) in [6.07, 6.45) is 0.105. The Bertz CT molecular complexity index is 739. The molecule has 120 valence electrons. The second-order valence-corrected chi connectivity index (χ2v) is 5.82. The number of benzene rings is 1. The lowest BCUT2D eigenvalue weighted by atomic mass is 10.1. The summed E-state index contributed by atoms with van der Waals surface area (Å²) in [6, 6.07) is 12.8. The normalized spacial score (nSPS) is 18.0. The van der Waals surface area contributed by atoms with E-state index in [0.29, 0.717) is 26.1 Å². The molecule has 2 heterocycles. The number of rotatable bonds is 3. The fraction of sp³-hybridized carbons (Fsp3) is 0.333.